The topological polar surface area (TPSA) is 84.6 Å². The number of sulfonamides is 1. The van der Waals surface area contributed by atoms with Gasteiger partial charge in [-0.2, -0.15) is 0 Å². The van der Waals surface area contributed by atoms with Crippen LogP contribution in [-0.4, -0.2) is 36.8 Å². The van der Waals surface area contributed by atoms with Gasteiger partial charge >= 0.3 is 0 Å². The number of hydrogen-bond donors (Lipinski definition) is 0. The van der Waals surface area contributed by atoms with E-state index in [0.717, 1.165) is 46.6 Å². The molecule has 0 radical (unpaired) electrons. The van der Waals surface area contributed by atoms with Gasteiger partial charge in [0.1, 0.15) is 5.69 Å². The number of anilines is 2. The molecule has 4 aromatic rings. The van der Waals surface area contributed by atoms with E-state index < -0.39 is 15.6 Å². The maximum atomic E-state index is 14.0. The highest BCUT2D eigenvalue weighted by Gasteiger charge is 2.31. The molecule has 1 saturated carbocycles. The predicted molar refractivity (Wildman–Crippen MR) is 166 cm³/mol. The summed E-state index contributed by atoms with van der Waals surface area (Å²) in [6.45, 7) is 1.71. The SMILES string of the molecule is Cc1c(N(C)S(=O)(=O)c2cccc(C(=O)N(c3cccc(Br)c3)C3CCCCC3)c2)c(=O)n(-c2ccccc2)n1C. The Bertz CT molecular complexity index is 1740. The summed E-state index contributed by atoms with van der Waals surface area (Å²) < 4.78 is 32.7. The van der Waals surface area contributed by atoms with Gasteiger partial charge < -0.3 is 4.90 Å². The Morgan fingerprint density at radius 3 is 2.29 bits per heavy atom. The first-order valence-corrected chi connectivity index (χ1v) is 15.9. The minimum Gasteiger partial charge on any atom is -0.305 e. The molecule has 1 aliphatic carbocycles. The monoisotopic (exact) mass is 636 g/mol. The molecule has 0 spiro atoms. The van der Waals surface area contributed by atoms with Crippen LogP contribution in [0, 0.1) is 6.92 Å². The van der Waals surface area contributed by atoms with Gasteiger partial charge in [-0.15, -0.1) is 0 Å². The van der Waals surface area contributed by atoms with E-state index in [1.807, 2.05) is 42.5 Å². The highest BCUT2D eigenvalue weighted by atomic mass is 79.9. The van der Waals surface area contributed by atoms with Crippen molar-refractivity contribution in [1.82, 2.24) is 9.36 Å². The van der Waals surface area contributed by atoms with Gasteiger partial charge in [0.2, 0.25) is 0 Å². The van der Waals surface area contributed by atoms with Crippen LogP contribution in [0.2, 0.25) is 0 Å². The summed E-state index contributed by atoms with van der Waals surface area (Å²) in [6, 6.07) is 22.8. The van der Waals surface area contributed by atoms with Gasteiger partial charge in [0.15, 0.2) is 0 Å². The Morgan fingerprint density at radius 1 is 0.927 bits per heavy atom. The first-order chi connectivity index (χ1) is 19.6. The zero-order chi connectivity index (χ0) is 29.3. The third-order valence-electron chi connectivity index (χ3n) is 7.82. The van der Waals surface area contributed by atoms with Crippen LogP contribution in [0.4, 0.5) is 11.4 Å². The first-order valence-electron chi connectivity index (χ1n) is 13.6. The van der Waals surface area contributed by atoms with Crippen LogP contribution in [0.3, 0.4) is 0 Å². The molecule has 10 heteroatoms. The van der Waals surface area contributed by atoms with Crippen molar-refractivity contribution in [3.8, 4) is 5.69 Å². The molecule has 8 nitrogen and oxygen atoms in total. The van der Waals surface area contributed by atoms with Gasteiger partial charge in [0.25, 0.3) is 21.5 Å². The number of amides is 1. The second-order valence-electron chi connectivity index (χ2n) is 10.4. The molecule has 3 aromatic carbocycles. The van der Waals surface area contributed by atoms with Crippen LogP contribution in [0.5, 0.6) is 0 Å². The average molecular weight is 638 g/mol. The molecule has 1 fully saturated rings. The van der Waals surface area contributed by atoms with Crippen LogP contribution in [0.15, 0.2) is 93.0 Å². The van der Waals surface area contributed by atoms with E-state index in [4.69, 9.17) is 0 Å². The highest BCUT2D eigenvalue weighted by Crippen LogP contribution is 2.31. The van der Waals surface area contributed by atoms with Crippen LogP contribution >= 0.6 is 15.9 Å². The second kappa shape index (κ2) is 11.7. The number of hydrogen-bond acceptors (Lipinski definition) is 4. The van der Waals surface area contributed by atoms with Gasteiger partial charge in [0.05, 0.1) is 16.3 Å². The van der Waals surface area contributed by atoms with E-state index in [1.165, 1.54) is 23.9 Å². The van der Waals surface area contributed by atoms with E-state index in [0.29, 0.717) is 11.4 Å². The maximum Gasteiger partial charge on any atom is 0.296 e. The predicted octanol–water partition coefficient (Wildman–Crippen LogP) is 6.05. The minimum absolute atomic E-state index is 0.0249. The second-order valence-corrected chi connectivity index (χ2v) is 13.2. The third-order valence-corrected chi connectivity index (χ3v) is 10.1. The lowest BCUT2D eigenvalue weighted by molar-refractivity contribution is 0.0970. The molecule has 0 atom stereocenters. The van der Waals surface area contributed by atoms with Crippen molar-refractivity contribution in [3.05, 3.63) is 105 Å². The number of benzene rings is 3. The summed E-state index contributed by atoms with van der Waals surface area (Å²) in [6.07, 6.45) is 5.00. The first kappa shape index (κ1) is 28.9. The fraction of sp³-hybridized carbons (Fsp3) is 0.290. The molecule has 0 N–H and O–H groups in total. The summed E-state index contributed by atoms with van der Waals surface area (Å²) in [7, 11) is -1.08. The number of halogens is 1. The molecular weight excluding hydrogens is 604 g/mol. The zero-order valence-electron chi connectivity index (χ0n) is 23.3. The van der Waals surface area contributed by atoms with Crippen LogP contribution in [-0.2, 0) is 17.1 Å². The number of para-hydroxylation sites is 1. The summed E-state index contributed by atoms with van der Waals surface area (Å²) in [5.41, 5.74) is 1.76. The smallest absolute Gasteiger partial charge is 0.296 e. The molecule has 41 heavy (non-hydrogen) atoms. The van der Waals surface area contributed by atoms with Crippen LogP contribution < -0.4 is 14.8 Å². The molecule has 5 rings (SSSR count). The summed E-state index contributed by atoms with van der Waals surface area (Å²) in [5.74, 6) is -0.253. The van der Waals surface area contributed by atoms with Crippen LogP contribution in [0.25, 0.3) is 5.69 Å². The van der Waals surface area contributed by atoms with Gasteiger partial charge in [-0.25, -0.2) is 13.1 Å². The minimum atomic E-state index is -4.17. The molecule has 1 aromatic heterocycles. The maximum absolute atomic E-state index is 14.0. The fourth-order valence-corrected chi connectivity index (χ4v) is 7.26. The largest absolute Gasteiger partial charge is 0.305 e. The highest BCUT2D eigenvalue weighted by molar-refractivity contribution is 9.10. The molecular formula is C31H33BrN4O4S. The number of carbonyl (C=O) groups excluding carboxylic acids is 1. The zero-order valence-corrected chi connectivity index (χ0v) is 25.7. The van der Waals surface area contributed by atoms with Crippen molar-refractivity contribution in [1.29, 1.82) is 0 Å². The van der Waals surface area contributed by atoms with E-state index in [-0.39, 0.29) is 28.1 Å². The Morgan fingerprint density at radius 2 is 1.61 bits per heavy atom. The van der Waals surface area contributed by atoms with E-state index >= 15 is 0 Å². The molecule has 0 bridgehead atoms. The van der Waals surface area contributed by atoms with Gasteiger partial charge in [-0.3, -0.25) is 18.6 Å². The summed E-state index contributed by atoms with van der Waals surface area (Å²) in [5, 5.41) is 0. The van der Waals surface area contributed by atoms with E-state index in [1.54, 1.807) is 47.8 Å². The van der Waals surface area contributed by atoms with Gasteiger partial charge in [-0.05, 0) is 68.3 Å². The Labute approximate surface area is 249 Å². The molecule has 1 aliphatic rings. The standard InChI is InChI=1S/C31H33BrN4O4S/c1-22-29(31(38)36(33(22)2)26-16-8-5-9-17-26)34(3)41(39,40)28-19-10-12-23(20-28)30(37)35(25-14-6-4-7-15-25)27-18-11-13-24(32)21-27/h5,8-13,16-21,25H,4,6-7,14-15H2,1-3H3. The normalized spacial score (nSPS) is 14.1. The van der Waals surface area contributed by atoms with E-state index in [9.17, 15) is 18.0 Å². The fourth-order valence-electron chi connectivity index (χ4n) is 5.58. The van der Waals surface area contributed by atoms with Crippen molar-refractivity contribution >= 4 is 43.2 Å². The molecule has 0 unspecified atom stereocenters. The Balaban J connectivity index is 1.53. The number of nitrogens with zero attached hydrogens (tertiary/aromatic N) is 4. The van der Waals surface area contributed by atoms with Crippen molar-refractivity contribution in [2.24, 2.45) is 7.05 Å². The summed E-state index contributed by atoms with van der Waals surface area (Å²) in [4.78, 5) is 29.3. The van der Waals surface area contributed by atoms with Crippen molar-refractivity contribution in [2.75, 3.05) is 16.3 Å². The number of rotatable bonds is 7. The lowest BCUT2D eigenvalue weighted by Crippen LogP contribution is -2.41. The summed E-state index contributed by atoms with van der Waals surface area (Å²) >= 11 is 3.52. The molecule has 0 aliphatic heterocycles. The number of carbonyl (C=O) groups is 1. The Kier molecular flexibility index (Phi) is 8.24. The van der Waals surface area contributed by atoms with Gasteiger partial charge in [0, 0.05) is 35.9 Å². The molecule has 214 valence electrons. The molecule has 1 amide bonds. The number of aromatic nitrogens is 2. The van der Waals surface area contributed by atoms with Crippen molar-refractivity contribution < 1.29 is 13.2 Å². The van der Waals surface area contributed by atoms with E-state index in [2.05, 4.69) is 15.9 Å². The lowest BCUT2D eigenvalue weighted by Gasteiger charge is -2.34. The van der Waals surface area contributed by atoms with Crippen molar-refractivity contribution in [2.45, 2.75) is 50.0 Å². The van der Waals surface area contributed by atoms with Gasteiger partial charge in [-0.1, -0.05) is 65.5 Å². The van der Waals surface area contributed by atoms with Crippen LogP contribution in [0.1, 0.15) is 48.2 Å². The average Bonchev–Trinajstić information content (AvgIpc) is 3.20. The Hall–Kier alpha value is -3.63. The lowest BCUT2D eigenvalue weighted by atomic mass is 9.93. The van der Waals surface area contributed by atoms with Crippen molar-refractivity contribution in [3.63, 3.8) is 0 Å². The quantitative estimate of drug-likeness (QED) is 0.247. The molecule has 0 saturated heterocycles. The third kappa shape index (κ3) is 5.50. The molecule has 1 heterocycles.